The zero-order chi connectivity index (χ0) is 29.4. The van der Waals surface area contributed by atoms with Gasteiger partial charge < -0.3 is 20.1 Å². The van der Waals surface area contributed by atoms with E-state index >= 15 is 0 Å². The van der Waals surface area contributed by atoms with E-state index in [1.165, 1.54) is 0 Å². The van der Waals surface area contributed by atoms with Crippen LogP contribution in [0.15, 0.2) is 60.7 Å². The first kappa shape index (κ1) is 30.5. The van der Waals surface area contributed by atoms with E-state index in [0.29, 0.717) is 17.5 Å². The third kappa shape index (κ3) is 9.01. The lowest BCUT2D eigenvalue weighted by Gasteiger charge is -2.15. The molecule has 3 rings (SSSR count). The van der Waals surface area contributed by atoms with E-state index < -0.39 is 36.1 Å². The Morgan fingerprint density at radius 2 is 1.60 bits per heavy atom. The largest absolute Gasteiger partial charge is 0.457 e. The van der Waals surface area contributed by atoms with Crippen molar-refractivity contribution < 1.29 is 37.0 Å². The number of nitrogens with one attached hydrogen (secondary N) is 2. The first-order chi connectivity index (χ1) is 18.8. The van der Waals surface area contributed by atoms with Crippen LogP contribution in [0.4, 0.5) is 24.5 Å². The number of benzene rings is 3. The Bertz CT molecular complexity index is 1380. The van der Waals surface area contributed by atoms with Crippen molar-refractivity contribution in [3.63, 3.8) is 0 Å². The molecule has 0 aromatic heterocycles. The van der Waals surface area contributed by atoms with Gasteiger partial charge >= 0.3 is 12.1 Å². The number of aryl methyl sites for hydroxylation is 1. The molecule has 2 amide bonds. The van der Waals surface area contributed by atoms with Crippen molar-refractivity contribution in [1.82, 2.24) is 0 Å². The molecule has 0 aliphatic rings. The van der Waals surface area contributed by atoms with E-state index in [1.54, 1.807) is 24.3 Å². The number of esters is 1. The van der Waals surface area contributed by atoms with E-state index in [4.69, 9.17) is 21.1 Å². The maximum atomic E-state index is 12.9. The van der Waals surface area contributed by atoms with Crippen LogP contribution >= 0.6 is 11.6 Å². The summed E-state index contributed by atoms with van der Waals surface area (Å²) in [6.07, 6.45) is -5.14. The molecule has 11 heteroatoms. The van der Waals surface area contributed by atoms with Gasteiger partial charge in [0, 0.05) is 12.1 Å². The first-order valence-electron chi connectivity index (χ1n) is 12.3. The number of hydrogen-bond donors (Lipinski definition) is 2. The van der Waals surface area contributed by atoms with Gasteiger partial charge in [-0.2, -0.15) is 13.2 Å². The summed E-state index contributed by atoms with van der Waals surface area (Å²) in [4.78, 5) is 36.2. The quantitative estimate of drug-likeness (QED) is 0.244. The highest BCUT2D eigenvalue weighted by Gasteiger charge is 2.31. The van der Waals surface area contributed by atoms with E-state index in [2.05, 4.69) is 24.5 Å². The van der Waals surface area contributed by atoms with Crippen LogP contribution in [0.3, 0.4) is 0 Å². The van der Waals surface area contributed by atoms with Crippen LogP contribution in [0, 0.1) is 6.92 Å². The minimum Gasteiger partial charge on any atom is -0.457 e. The van der Waals surface area contributed by atoms with Crippen molar-refractivity contribution in [2.45, 2.75) is 45.7 Å². The molecule has 0 unspecified atom stereocenters. The van der Waals surface area contributed by atoms with Crippen LogP contribution in [-0.4, -0.2) is 24.4 Å². The Balaban J connectivity index is 1.44. The number of anilines is 2. The molecule has 0 aliphatic carbocycles. The zero-order valence-electron chi connectivity index (χ0n) is 22.0. The van der Waals surface area contributed by atoms with E-state index in [1.807, 2.05) is 25.1 Å². The summed E-state index contributed by atoms with van der Waals surface area (Å²) >= 11 is 5.83. The smallest absolute Gasteiger partial charge is 0.416 e. The number of carbonyl (C=O) groups is 3. The summed E-state index contributed by atoms with van der Waals surface area (Å²) in [5.74, 6) is -0.526. The normalized spacial score (nSPS) is 11.2. The van der Waals surface area contributed by atoms with Crippen LogP contribution < -0.4 is 15.4 Å². The van der Waals surface area contributed by atoms with Crippen LogP contribution in [0.2, 0.25) is 5.02 Å². The molecule has 212 valence electrons. The van der Waals surface area contributed by atoms with Crippen molar-refractivity contribution >= 4 is 40.8 Å². The number of alkyl halides is 3. The first-order valence-corrected chi connectivity index (χ1v) is 12.7. The molecule has 7 nitrogen and oxygen atoms in total. The van der Waals surface area contributed by atoms with Gasteiger partial charge in [0.2, 0.25) is 5.91 Å². The summed E-state index contributed by atoms with van der Waals surface area (Å²) in [6, 6.07) is 15.2. The van der Waals surface area contributed by atoms with Crippen molar-refractivity contribution in [2.75, 3.05) is 17.2 Å². The van der Waals surface area contributed by atoms with Gasteiger partial charge in [0.1, 0.15) is 11.5 Å². The third-order valence-corrected chi connectivity index (χ3v) is 5.97. The van der Waals surface area contributed by atoms with Crippen LogP contribution in [0.5, 0.6) is 11.5 Å². The number of ether oxygens (including phenoxy) is 2. The lowest BCUT2D eigenvalue weighted by Crippen LogP contribution is -2.22. The monoisotopic (exact) mass is 576 g/mol. The highest BCUT2D eigenvalue weighted by molar-refractivity contribution is 6.33. The number of hydrogen-bond acceptors (Lipinski definition) is 5. The molecule has 0 saturated heterocycles. The molecule has 3 aromatic carbocycles. The SMILES string of the molecule is Cc1ccc(C(C)C)c(Oc2ccc(NC(=O)CCC(=O)OCC(=O)Nc3cc(C(F)(F)F)ccc3Cl)cc2)c1. The van der Waals surface area contributed by atoms with Gasteiger partial charge in [0.15, 0.2) is 6.61 Å². The summed E-state index contributed by atoms with van der Waals surface area (Å²) < 4.78 is 49.4. The maximum absolute atomic E-state index is 12.9. The Hall–Kier alpha value is -4.05. The lowest BCUT2D eigenvalue weighted by atomic mass is 10.0. The second kappa shape index (κ2) is 13.3. The highest BCUT2D eigenvalue weighted by atomic mass is 35.5. The summed E-state index contributed by atoms with van der Waals surface area (Å²) in [7, 11) is 0. The van der Waals surface area contributed by atoms with E-state index in [0.717, 1.165) is 29.0 Å². The average molecular weight is 577 g/mol. The highest BCUT2D eigenvalue weighted by Crippen LogP contribution is 2.34. The molecule has 0 heterocycles. The fourth-order valence-corrected chi connectivity index (χ4v) is 3.75. The third-order valence-electron chi connectivity index (χ3n) is 5.65. The zero-order valence-corrected chi connectivity index (χ0v) is 22.8. The summed E-state index contributed by atoms with van der Waals surface area (Å²) in [5, 5.41) is 4.72. The van der Waals surface area contributed by atoms with E-state index in [-0.39, 0.29) is 29.5 Å². The molecular weight excluding hydrogens is 549 g/mol. The lowest BCUT2D eigenvalue weighted by molar-refractivity contribution is -0.147. The maximum Gasteiger partial charge on any atom is 0.416 e. The predicted molar refractivity (Wildman–Crippen MR) is 146 cm³/mol. The number of carbonyl (C=O) groups excluding carboxylic acids is 3. The van der Waals surface area contributed by atoms with Crippen LogP contribution in [-0.2, 0) is 25.3 Å². The Morgan fingerprint density at radius 3 is 2.25 bits per heavy atom. The van der Waals surface area contributed by atoms with Gasteiger partial charge in [-0.1, -0.05) is 37.6 Å². The summed E-state index contributed by atoms with van der Waals surface area (Å²) in [5.41, 5.74) is 1.38. The second-order valence-corrected chi connectivity index (χ2v) is 9.68. The second-order valence-electron chi connectivity index (χ2n) is 9.27. The van der Waals surface area contributed by atoms with Gasteiger partial charge in [-0.05, 0) is 72.5 Å². The molecule has 0 saturated carbocycles. The molecule has 0 bridgehead atoms. The molecule has 0 spiro atoms. The number of amides is 2. The van der Waals surface area contributed by atoms with Crippen molar-refractivity contribution in [1.29, 1.82) is 0 Å². The van der Waals surface area contributed by atoms with Crippen LogP contribution in [0.25, 0.3) is 0 Å². The Morgan fingerprint density at radius 1 is 0.900 bits per heavy atom. The minimum atomic E-state index is -4.62. The molecule has 0 aliphatic heterocycles. The fourth-order valence-electron chi connectivity index (χ4n) is 3.58. The topological polar surface area (TPSA) is 93.7 Å². The number of halogens is 4. The fraction of sp³-hybridized carbons (Fsp3) is 0.276. The van der Waals surface area contributed by atoms with Gasteiger partial charge in [-0.25, -0.2) is 0 Å². The van der Waals surface area contributed by atoms with Gasteiger partial charge in [0.05, 0.1) is 22.7 Å². The van der Waals surface area contributed by atoms with Crippen molar-refractivity contribution in [2.24, 2.45) is 0 Å². The Labute approximate surface area is 234 Å². The van der Waals surface area contributed by atoms with Crippen molar-refractivity contribution in [3.8, 4) is 11.5 Å². The van der Waals surface area contributed by atoms with Gasteiger partial charge in [-0.15, -0.1) is 0 Å². The molecule has 40 heavy (non-hydrogen) atoms. The standard InChI is InChI=1S/C29H28ClF3N2O5/c1-17(2)22-10-4-18(3)14-25(22)40-21-8-6-20(7-9-21)34-26(36)12-13-28(38)39-16-27(37)35-24-15-19(29(31,32)33)5-11-23(24)30/h4-11,14-15,17H,12-13,16H2,1-3H3,(H,34,36)(H,35,37). The molecule has 2 N–H and O–H groups in total. The summed E-state index contributed by atoms with van der Waals surface area (Å²) in [6.45, 7) is 5.39. The van der Waals surface area contributed by atoms with Gasteiger partial charge in [0.25, 0.3) is 5.91 Å². The van der Waals surface area contributed by atoms with Crippen molar-refractivity contribution in [3.05, 3.63) is 82.4 Å². The van der Waals surface area contributed by atoms with E-state index in [9.17, 15) is 27.6 Å². The van der Waals surface area contributed by atoms with Crippen LogP contribution in [0.1, 0.15) is 49.3 Å². The average Bonchev–Trinajstić information content (AvgIpc) is 2.88. The molecule has 0 radical (unpaired) electrons. The molecular formula is C29H28ClF3N2O5. The molecule has 0 fully saturated rings. The molecule has 0 atom stereocenters. The minimum absolute atomic E-state index is 0.112. The Kier molecular flexibility index (Phi) is 10.2. The van der Waals surface area contributed by atoms with Gasteiger partial charge in [-0.3, -0.25) is 14.4 Å². The molecule has 3 aromatic rings. The number of rotatable bonds is 10. The predicted octanol–water partition coefficient (Wildman–Crippen LogP) is 7.48.